The quantitative estimate of drug-likeness (QED) is 0.0153. The zero-order chi connectivity index (χ0) is 80.3. The van der Waals surface area contributed by atoms with Crippen LogP contribution in [-0.2, 0) is 114 Å². The number of unbranched alkanes of at least 4 members (excludes halogenated alkanes) is 2. The first-order chi connectivity index (χ1) is 51.9. The normalized spacial score (nSPS) is 38.0. The summed E-state index contributed by atoms with van der Waals surface area (Å²) in [5.41, 5.74) is 0. The monoisotopic (exact) mass is 1610 g/mol. The summed E-state index contributed by atoms with van der Waals surface area (Å²) in [5, 5.41) is 179. The molecule has 42 nitrogen and oxygen atoms in total. The number of aliphatic carboxylic acids is 1. The van der Waals surface area contributed by atoms with E-state index >= 15 is 0 Å². The first-order valence-electron chi connectivity index (χ1n) is 36.5. The molecule has 110 heavy (non-hydrogen) atoms. The van der Waals surface area contributed by atoms with E-state index in [-0.39, 0.29) is 115 Å². The van der Waals surface area contributed by atoms with E-state index in [1.807, 2.05) is 0 Å². The van der Waals surface area contributed by atoms with Crippen LogP contribution in [0.5, 0.6) is 0 Å². The van der Waals surface area contributed by atoms with E-state index in [2.05, 4.69) is 10.6 Å². The molecule has 6 rings (SSSR count). The van der Waals surface area contributed by atoms with Crippen LogP contribution in [0.2, 0.25) is 0 Å². The number of hydrogen-bond donors (Lipinski definition) is 17. The molecule has 43 heteroatoms. The minimum Gasteiger partial charge on any atom is -0.547 e. The van der Waals surface area contributed by atoms with E-state index in [0.717, 1.165) is 14.2 Å². The van der Waals surface area contributed by atoms with Crippen molar-refractivity contribution in [3.05, 3.63) is 0 Å². The van der Waals surface area contributed by atoms with Gasteiger partial charge >= 0.3 is 35.5 Å². The first kappa shape index (κ1) is 98.1. The Morgan fingerprint density at radius 2 is 0.855 bits per heavy atom. The Bertz CT molecular complexity index is 2610. The van der Waals surface area contributed by atoms with Crippen LogP contribution in [-0.4, -0.2) is 435 Å². The molecule has 17 N–H and O–H groups in total. The van der Waals surface area contributed by atoms with Gasteiger partial charge in [-0.1, -0.05) is 6.92 Å². The van der Waals surface area contributed by atoms with Gasteiger partial charge in [0.05, 0.1) is 109 Å². The minimum absolute atomic E-state index is 0. The molecule has 34 atom stereocenters. The van der Waals surface area contributed by atoms with E-state index in [1.165, 1.54) is 21.0 Å². The summed E-state index contributed by atoms with van der Waals surface area (Å²) in [6.07, 6.45) is -43.8. The van der Waals surface area contributed by atoms with Gasteiger partial charge in [-0.05, 0) is 46.0 Å². The molecule has 0 spiro atoms. The number of methoxy groups -OCH3 is 3. The Balaban J connectivity index is 0.0000217. The van der Waals surface area contributed by atoms with E-state index in [0.29, 0.717) is 32.1 Å². The molecule has 6 aliphatic rings. The summed E-state index contributed by atoms with van der Waals surface area (Å²) < 4.78 is 113. The molecule has 6 heterocycles. The van der Waals surface area contributed by atoms with E-state index < -0.39 is 252 Å². The SMILES string of the molecule is CC[C@H]1OC(CO[C@H]2OC(COC)[C@@H](OCC(O)COCCCCOCC(O)COC(=O)C3O[C@@H](O[C@@H]4C(NC(C)=O)C(C)OC(CO)[C@H]4O)C(OCC(O)COCCCCOCC(O)COCC4OC(C)C(NC(C)=O)[C@@H](O[C@@H]5OC(C(=O)[O-])[C@@H](OC)[C@H](O)C5O)[C@@H]4O)[C@@H](O)[C@@H]3OC)[C@H](O)C2O)[C@@H](O)[C@H](O)C1O.[Na+]. The maximum atomic E-state index is 13.8. The second-order valence-electron chi connectivity index (χ2n) is 27.6. The average molecular weight is 1610 g/mol. The number of carbonyl (C=O) groups excluding carboxylic acids is 4. The summed E-state index contributed by atoms with van der Waals surface area (Å²) in [6.45, 7) is 3.50. The third-order valence-electron chi connectivity index (χ3n) is 19.0. The molecular weight excluding hydrogens is 1500 g/mol. The number of esters is 1. The maximum Gasteiger partial charge on any atom is 1.00 e. The van der Waals surface area contributed by atoms with Crippen molar-refractivity contribution >= 4 is 23.8 Å². The van der Waals surface area contributed by atoms with Gasteiger partial charge in [0.15, 0.2) is 25.0 Å². The number of aliphatic hydroxyl groups is 15. The number of amides is 2. The fourth-order valence-corrected chi connectivity index (χ4v) is 13.2. The molecule has 0 saturated carbocycles. The summed E-state index contributed by atoms with van der Waals surface area (Å²) >= 11 is 0. The largest absolute Gasteiger partial charge is 1.00 e. The summed E-state index contributed by atoms with van der Waals surface area (Å²) in [6, 6.07) is -2.16. The van der Waals surface area contributed by atoms with Gasteiger partial charge in [0.1, 0.15) is 159 Å². The minimum atomic E-state index is -1.88. The molecule has 0 aromatic heterocycles. The Morgan fingerprint density at radius 3 is 1.35 bits per heavy atom. The second kappa shape index (κ2) is 49.7. The Hall–Kier alpha value is -2.48. The number of carbonyl (C=O) groups is 4. The summed E-state index contributed by atoms with van der Waals surface area (Å²) in [5.74, 6) is -4.02. The molecule has 0 bridgehead atoms. The van der Waals surface area contributed by atoms with Gasteiger partial charge in [0, 0.05) is 61.6 Å². The standard InChI is InChI=1S/C67H118N2O40.Na/c1-9-38-45(77)49(81)46(78)41(104-38)29-101-65-52(84)50(82)55(42(105-65)27-90-6)98-24-35(74)20-94-15-12-13-17-96-22-37(76)26-100-64(89)62-59(92-8)54(86)60(67(109-62)107-56-43(68-32(4)71)30(2)102-39(18-70)47(56)79)99-25-36(75)21-95-16-11-10-14-93-19-34(73)23-97-28-40-48(80)57(44(31(3)103-40)69-33(5)72)106-66-53(85)51(83)58(91-7)61(108-66)63(87)88;/h30-31,34-62,65-67,70,73-86H,9-29H2,1-8H3,(H,68,71)(H,69,72)(H,87,88);/q;+1/p-1/t30?,31?,34?,35?,36?,37?,38-,39?,40?,41?,42?,43?,44?,45?,46-,47-,48-,49-,50-,51-,52?,53?,54+,55-,56-,57-,58+,59+,60?,61?,62?,65+,66-,67-;/m1./s1. The molecule has 0 radical (unpaired) electrons. The number of carboxylic acid groups (broad SMARTS) is 1. The zero-order valence-electron chi connectivity index (χ0n) is 63.4. The predicted octanol–water partition coefficient (Wildman–Crippen LogP) is -13.9. The van der Waals surface area contributed by atoms with Gasteiger partial charge in [-0.3, -0.25) is 9.59 Å². The van der Waals surface area contributed by atoms with Crippen LogP contribution in [0.1, 0.15) is 66.7 Å². The fraction of sp³-hybridized carbons (Fsp3) is 0.940. The maximum absolute atomic E-state index is 13.8. The van der Waals surface area contributed by atoms with Gasteiger partial charge in [0.2, 0.25) is 11.8 Å². The van der Waals surface area contributed by atoms with Crippen LogP contribution >= 0.6 is 0 Å². The second-order valence-corrected chi connectivity index (χ2v) is 27.6. The average Bonchev–Trinajstić information content (AvgIpc) is 0.841. The molecule has 6 saturated heterocycles. The Morgan fingerprint density at radius 1 is 0.418 bits per heavy atom. The van der Waals surface area contributed by atoms with Gasteiger partial charge in [-0.2, -0.15) is 0 Å². The molecular formula is C67H117N2NaO40. The summed E-state index contributed by atoms with van der Waals surface area (Å²) in [7, 11) is 3.61. The van der Waals surface area contributed by atoms with Crippen LogP contribution in [0.25, 0.3) is 0 Å². The third kappa shape index (κ3) is 28.7. The van der Waals surface area contributed by atoms with E-state index in [4.69, 9.17) is 94.7 Å². The van der Waals surface area contributed by atoms with Gasteiger partial charge in [-0.25, -0.2) is 4.79 Å². The number of aliphatic hydroxyl groups excluding tert-OH is 15. The van der Waals surface area contributed by atoms with Crippen LogP contribution in [0.3, 0.4) is 0 Å². The Kier molecular flexibility index (Phi) is 44.3. The number of ether oxygens (including phenoxy) is 20. The van der Waals surface area contributed by atoms with Crippen LogP contribution in [0, 0.1) is 0 Å². The van der Waals surface area contributed by atoms with Crippen molar-refractivity contribution in [2.45, 2.75) is 275 Å². The molecule has 0 aromatic rings. The molecule has 0 aliphatic carbocycles. The molecule has 0 aromatic carbocycles. The van der Waals surface area contributed by atoms with Crippen molar-refractivity contribution in [1.29, 1.82) is 0 Å². The third-order valence-corrected chi connectivity index (χ3v) is 19.0. The van der Waals surface area contributed by atoms with Crippen molar-refractivity contribution in [3.8, 4) is 0 Å². The van der Waals surface area contributed by atoms with Gasteiger partial charge in [-0.15, -0.1) is 0 Å². The molecule has 6 fully saturated rings. The van der Waals surface area contributed by atoms with Crippen LogP contribution < -0.4 is 45.3 Å². The van der Waals surface area contributed by atoms with Crippen molar-refractivity contribution in [1.82, 2.24) is 10.6 Å². The van der Waals surface area contributed by atoms with Crippen molar-refractivity contribution in [2.24, 2.45) is 0 Å². The number of nitrogens with one attached hydrogen (secondary N) is 2. The predicted molar refractivity (Wildman–Crippen MR) is 357 cm³/mol. The molecule has 2 amide bonds. The van der Waals surface area contributed by atoms with E-state index in [1.54, 1.807) is 20.8 Å². The smallest absolute Gasteiger partial charge is 0.547 e. The van der Waals surface area contributed by atoms with Gasteiger partial charge in [0.25, 0.3) is 0 Å². The van der Waals surface area contributed by atoms with Crippen molar-refractivity contribution < 1.29 is 225 Å². The topological polar surface area (TPSA) is 603 Å². The van der Waals surface area contributed by atoms with Crippen LogP contribution in [0.15, 0.2) is 0 Å². The van der Waals surface area contributed by atoms with Crippen molar-refractivity contribution in [2.75, 3.05) is 127 Å². The molecule has 18 unspecified atom stereocenters. The number of carboxylic acids is 1. The molecule has 636 valence electrons. The fourth-order valence-electron chi connectivity index (χ4n) is 13.2. The van der Waals surface area contributed by atoms with Crippen LogP contribution in [0.4, 0.5) is 0 Å². The van der Waals surface area contributed by atoms with E-state index in [9.17, 15) is 101 Å². The van der Waals surface area contributed by atoms with Crippen molar-refractivity contribution in [3.63, 3.8) is 0 Å². The zero-order valence-corrected chi connectivity index (χ0v) is 65.4. The number of rotatable bonds is 47. The first-order valence-corrected chi connectivity index (χ1v) is 36.5. The summed E-state index contributed by atoms with van der Waals surface area (Å²) in [4.78, 5) is 50.2. The number of hydrogen-bond acceptors (Lipinski definition) is 40. The van der Waals surface area contributed by atoms with Gasteiger partial charge < -0.3 is 192 Å². The Labute approximate surface area is 658 Å². The molecule has 6 aliphatic heterocycles.